The molecule has 0 aromatic heterocycles. The van der Waals surface area contributed by atoms with Crippen LogP contribution in [0.25, 0.3) is 0 Å². The fraction of sp³-hybridized carbons (Fsp3) is 0.833. The highest BCUT2D eigenvalue weighted by Gasteiger charge is 2.34. The molecule has 6 atom stereocenters. The maximum Gasteiger partial charge on any atom is 0.223 e. The summed E-state index contributed by atoms with van der Waals surface area (Å²) in [5, 5.41) is 5.98. The summed E-state index contributed by atoms with van der Waals surface area (Å²) in [6, 6.07) is 0.162. The Bertz CT molecular complexity index is 648. The molecule has 0 bridgehead atoms. The van der Waals surface area contributed by atoms with Gasteiger partial charge >= 0.3 is 0 Å². The molecular formula is C24H45N3O3S3. The second-order valence-electron chi connectivity index (χ2n) is 9.26. The van der Waals surface area contributed by atoms with Crippen LogP contribution in [0.3, 0.4) is 0 Å². The zero-order chi connectivity index (χ0) is 24.8. The van der Waals surface area contributed by atoms with Crippen molar-refractivity contribution in [3.05, 3.63) is 0 Å². The third kappa shape index (κ3) is 11.6. The average Bonchev–Trinajstić information content (AvgIpc) is 3.23. The van der Waals surface area contributed by atoms with E-state index in [1.165, 1.54) is 0 Å². The fourth-order valence-electron chi connectivity index (χ4n) is 4.48. The van der Waals surface area contributed by atoms with Crippen molar-refractivity contribution >= 4 is 56.4 Å². The number of ketones is 1. The Morgan fingerprint density at radius 3 is 2.58 bits per heavy atom. The van der Waals surface area contributed by atoms with Crippen LogP contribution in [-0.4, -0.2) is 60.4 Å². The number of rotatable bonds is 17. The number of Topliss-reactive ketones (excluding diaryl/α,β-unsaturated/α-hetero) is 1. The molecule has 0 heterocycles. The van der Waals surface area contributed by atoms with Crippen LogP contribution >= 0.6 is 32.9 Å². The molecule has 1 saturated carbocycles. The minimum absolute atomic E-state index is 0.0977. The molecule has 1 aliphatic rings. The molecule has 9 heteroatoms. The van der Waals surface area contributed by atoms with Gasteiger partial charge in [0.2, 0.25) is 11.8 Å². The Hall–Kier alpha value is -0.510. The van der Waals surface area contributed by atoms with Crippen molar-refractivity contribution in [3.8, 4) is 0 Å². The minimum atomic E-state index is -0.549. The maximum atomic E-state index is 12.9. The lowest BCUT2D eigenvalue weighted by molar-refractivity contribution is -0.134. The molecule has 6 unspecified atom stereocenters. The van der Waals surface area contributed by atoms with Crippen LogP contribution in [0.1, 0.15) is 65.2 Å². The predicted molar refractivity (Wildman–Crippen MR) is 148 cm³/mol. The van der Waals surface area contributed by atoms with Crippen LogP contribution < -0.4 is 16.4 Å². The third-order valence-electron chi connectivity index (χ3n) is 6.76. The van der Waals surface area contributed by atoms with Crippen LogP contribution in [0, 0.1) is 23.7 Å². The summed E-state index contributed by atoms with van der Waals surface area (Å²) in [4.78, 5) is 38.5. The molecule has 33 heavy (non-hydrogen) atoms. The standard InChI is InChI=1S/C24H45N3O3S3/c1-17(18(2)22(28)8-6-5-7-13-31)21(24(30)26-12-11-25)15-23(29)27-20-10-9-19(14-20)16-33(4)32-3/h17-21,31H,4-16,25H2,1-3H3,(H,26,30)(H,27,29). The molecule has 1 fully saturated rings. The van der Waals surface area contributed by atoms with Crippen LogP contribution in [0.15, 0.2) is 0 Å². The summed E-state index contributed by atoms with van der Waals surface area (Å²) >= 11 is 4.21. The van der Waals surface area contributed by atoms with E-state index in [4.69, 9.17) is 5.73 Å². The zero-order valence-electron chi connectivity index (χ0n) is 20.6. The highest BCUT2D eigenvalue weighted by molar-refractivity contribution is 8.83. The predicted octanol–water partition coefficient (Wildman–Crippen LogP) is 3.66. The highest BCUT2D eigenvalue weighted by Crippen LogP contribution is 2.35. The van der Waals surface area contributed by atoms with Crippen molar-refractivity contribution in [1.29, 1.82) is 0 Å². The van der Waals surface area contributed by atoms with E-state index in [0.29, 0.717) is 25.4 Å². The highest BCUT2D eigenvalue weighted by atomic mass is 33.1. The van der Waals surface area contributed by atoms with Gasteiger partial charge in [0.25, 0.3) is 0 Å². The molecule has 6 nitrogen and oxygen atoms in total. The quantitative estimate of drug-likeness (QED) is 0.102. The van der Waals surface area contributed by atoms with Crippen molar-refractivity contribution in [2.75, 3.05) is 30.9 Å². The minimum Gasteiger partial charge on any atom is -0.355 e. The van der Waals surface area contributed by atoms with Crippen molar-refractivity contribution in [3.63, 3.8) is 0 Å². The van der Waals surface area contributed by atoms with Crippen LogP contribution in [0.4, 0.5) is 0 Å². The molecule has 1 rings (SSSR count). The van der Waals surface area contributed by atoms with Gasteiger partial charge in [-0.2, -0.15) is 12.6 Å². The number of carbonyl (C=O) groups is 3. The van der Waals surface area contributed by atoms with Crippen LogP contribution in [0.2, 0.25) is 0 Å². The second kappa shape index (κ2) is 17.0. The van der Waals surface area contributed by atoms with E-state index >= 15 is 0 Å². The SMILES string of the molecule is C=S(CC1CCC(NC(=O)CC(C(=O)NCCN)C(C)C(C)C(=O)CCCCCS)C1)SC. The topological polar surface area (TPSA) is 101 Å². The molecule has 2 amide bonds. The van der Waals surface area contributed by atoms with Crippen molar-refractivity contribution < 1.29 is 14.4 Å². The van der Waals surface area contributed by atoms with Gasteiger partial charge in [0.15, 0.2) is 0 Å². The molecule has 4 N–H and O–H groups in total. The first-order valence-corrected chi connectivity index (χ1v) is 16.1. The largest absolute Gasteiger partial charge is 0.355 e. The van der Waals surface area contributed by atoms with E-state index in [1.807, 2.05) is 13.8 Å². The number of thiol groups is 1. The molecule has 0 aliphatic heterocycles. The first kappa shape index (κ1) is 30.5. The lowest BCUT2D eigenvalue weighted by Gasteiger charge is -2.28. The van der Waals surface area contributed by atoms with E-state index in [-0.39, 0.29) is 51.4 Å². The number of amides is 2. The molecule has 0 radical (unpaired) electrons. The first-order valence-electron chi connectivity index (χ1n) is 12.2. The van der Waals surface area contributed by atoms with Crippen molar-refractivity contribution in [1.82, 2.24) is 10.6 Å². The molecule has 0 aromatic carbocycles. The summed E-state index contributed by atoms with van der Waals surface area (Å²) in [5.74, 6) is 5.53. The van der Waals surface area contributed by atoms with E-state index in [2.05, 4.69) is 35.4 Å². The Labute approximate surface area is 212 Å². The van der Waals surface area contributed by atoms with Gasteiger partial charge in [-0.3, -0.25) is 14.4 Å². The van der Waals surface area contributed by atoms with E-state index < -0.39 is 5.92 Å². The van der Waals surface area contributed by atoms with Gasteiger partial charge in [-0.1, -0.05) is 26.1 Å². The van der Waals surface area contributed by atoms with Crippen molar-refractivity contribution in [2.24, 2.45) is 29.4 Å². The van der Waals surface area contributed by atoms with Gasteiger partial charge in [0.05, 0.1) is 0 Å². The average molecular weight is 520 g/mol. The summed E-state index contributed by atoms with van der Waals surface area (Å²) in [5.41, 5.74) is 5.55. The van der Waals surface area contributed by atoms with Gasteiger partial charge in [0.1, 0.15) is 5.78 Å². The molecule has 192 valence electrons. The summed E-state index contributed by atoms with van der Waals surface area (Å²) in [6.45, 7) is 4.50. The van der Waals surface area contributed by atoms with E-state index in [9.17, 15) is 14.4 Å². The summed E-state index contributed by atoms with van der Waals surface area (Å²) in [6.07, 6.45) is 8.59. The molecule has 1 aliphatic carbocycles. The number of carbonyl (C=O) groups excluding carboxylic acids is 3. The van der Waals surface area contributed by atoms with Gasteiger partial charge in [-0.15, -0.1) is 20.3 Å². The van der Waals surface area contributed by atoms with Crippen LogP contribution in [-0.2, 0) is 14.4 Å². The first-order chi connectivity index (χ1) is 15.7. The number of hydrogen-bond donors (Lipinski definition) is 4. The zero-order valence-corrected chi connectivity index (χ0v) is 23.2. The Balaban J connectivity index is 2.69. The van der Waals surface area contributed by atoms with E-state index in [1.54, 1.807) is 10.8 Å². The Morgan fingerprint density at radius 2 is 1.94 bits per heavy atom. The van der Waals surface area contributed by atoms with Gasteiger partial charge in [-0.25, -0.2) is 0 Å². The second-order valence-corrected chi connectivity index (χ2v) is 13.7. The smallest absolute Gasteiger partial charge is 0.223 e. The number of nitrogens with one attached hydrogen (secondary N) is 2. The number of hydrogen-bond acceptors (Lipinski definition) is 6. The fourth-order valence-corrected chi connectivity index (χ4v) is 6.65. The monoisotopic (exact) mass is 519 g/mol. The normalized spacial score (nSPS) is 21.7. The van der Waals surface area contributed by atoms with E-state index in [0.717, 1.165) is 50.0 Å². The van der Waals surface area contributed by atoms with Gasteiger partial charge < -0.3 is 16.4 Å². The maximum absolute atomic E-state index is 12.9. The molecule has 0 saturated heterocycles. The van der Waals surface area contributed by atoms with Crippen molar-refractivity contribution in [2.45, 2.75) is 71.3 Å². The number of unbranched alkanes of at least 4 members (excludes halogenated alkanes) is 2. The lowest BCUT2D eigenvalue weighted by Crippen LogP contribution is -2.43. The summed E-state index contributed by atoms with van der Waals surface area (Å²) < 4.78 is 0. The molecule has 0 aromatic rings. The number of nitrogens with two attached hydrogens (primary N) is 1. The summed E-state index contributed by atoms with van der Waals surface area (Å²) in [7, 11) is 1.93. The van der Waals surface area contributed by atoms with Gasteiger partial charge in [0, 0.05) is 49.6 Å². The lowest BCUT2D eigenvalue weighted by atomic mass is 9.78. The third-order valence-corrected chi connectivity index (χ3v) is 10.2. The van der Waals surface area contributed by atoms with Crippen LogP contribution in [0.5, 0.6) is 0 Å². The Kier molecular flexibility index (Phi) is 15.7. The molecular weight excluding hydrogens is 474 g/mol. The van der Waals surface area contributed by atoms with Gasteiger partial charge in [-0.05, 0) is 55.9 Å². The molecule has 0 spiro atoms. The Morgan fingerprint density at radius 1 is 1.21 bits per heavy atom.